The van der Waals surface area contributed by atoms with Crippen LogP contribution < -0.4 is 0 Å². The second kappa shape index (κ2) is 23.8. The Bertz CT molecular complexity index is 255. The molecule has 0 spiro atoms. The largest absolute Gasteiger partial charge is 0.396 e. The Hall–Kier alpha value is -0.200. The molecular formula is C22H47NO4. The van der Waals surface area contributed by atoms with Crippen LogP contribution >= 0.6 is 0 Å². The number of hydrogen-bond donors (Lipinski definition) is 2. The van der Waals surface area contributed by atoms with E-state index in [1.54, 1.807) is 5.23 Å². The third kappa shape index (κ3) is 22.0. The van der Waals surface area contributed by atoms with Gasteiger partial charge in [0.15, 0.2) is 0 Å². The van der Waals surface area contributed by atoms with Crippen LogP contribution in [0.25, 0.3) is 0 Å². The summed E-state index contributed by atoms with van der Waals surface area (Å²) in [6, 6.07) is 0. The van der Waals surface area contributed by atoms with E-state index in [4.69, 9.17) is 19.9 Å². The van der Waals surface area contributed by atoms with Crippen molar-refractivity contribution in [3.63, 3.8) is 0 Å². The summed E-state index contributed by atoms with van der Waals surface area (Å²) in [6.45, 7) is 4.64. The molecule has 0 aromatic heterocycles. The van der Waals surface area contributed by atoms with Crippen LogP contribution in [0.3, 0.4) is 0 Å². The van der Waals surface area contributed by atoms with Crippen molar-refractivity contribution in [2.75, 3.05) is 33.0 Å². The summed E-state index contributed by atoms with van der Waals surface area (Å²) in [5.74, 6) is 0. The van der Waals surface area contributed by atoms with Crippen molar-refractivity contribution in [2.45, 2.75) is 110 Å². The maximum absolute atomic E-state index is 8.83. The number of aliphatic hydroxyl groups is 2. The lowest BCUT2D eigenvalue weighted by Crippen LogP contribution is -2.27. The summed E-state index contributed by atoms with van der Waals surface area (Å²) in [6.07, 6.45) is 19.3. The summed E-state index contributed by atoms with van der Waals surface area (Å²) < 4.78 is 0. The molecule has 0 saturated carbocycles. The Kier molecular flexibility index (Phi) is 23.7. The van der Waals surface area contributed by atoms with Gasteiger partial charge in [-0.2, -0.15) is 0 Å². The average molecular weight is 390 g/mol. The van der Waals surface area contributed by atoms with Crippen molar-refractivity contribution in [2.24, 2.45) is 0 Å². The van der Waals surface area contributed by atoms with Gasteiger partial charge in [0.1, 0.15) is 0 Å². The minimum Gasteiger partial charge on any atom is -0.396 e. The third-order valence-electron chi connectivity index (χ3n) is 4.77. The van der Waals surface area contributed by atoms with Crippen LogP contribution in [-0.4, -0.2) is 48.4 Å². The molecular weight excluding hydrogens is 342 g/mol. The Morgan fingerprint density at radius 3 is 1.33 bits per heavy atom. The van der Waals surface area contributed by atoms with E-state index >= 15 is 0 Å². The van der Waals surface area contributed by atoms with Gasteiger partial charge in [0.2, 0.25) is 0 Å². The van der Waals surface area contributed by atoms with Crippen LogP contribution in [0.15, 0.2) is 0 Å². The molecule has 0 aliphatic carbocycles. The maximum Gasteiger partial charge on any atom is 0.0712 e. The molecule has 0 rings (SSSR count). The molecule has 0 amide bonds. The van der Waals surface area contributed by atoms with Gasteiger partial charge in [0.25, 0.3) is 0 Å². The lowest BCUT2D eigenvalue weighted by Gasteiger charge is -2.21. The van der Waals surface area contributed by atoms with Gasteiger partial charge in [-0.25, -0.2) is 0 Å². The van der Waals surface area contributed by atoms with Crippen molar-refractivity contribution in [3.8, 4) is 0 Å². The number of hydroxylamine groups is 2. The van der Waals surface area contributed by atoms with Gasteiger partial charge in [-0.05, 0) is 32.1 Å². The van der Waals surface area contributed by atoms with Crippen LogP contribution in [0.1, 0.15) is 110 Å². The van der Waals surface area contributed by atoms with Crippen LogP contribution in [-0.2, 0) is 9.68 Å². The lowest BCUT2D eigenvalue weighted by atomic mass is 10.1. The highest BCUT2D eigenvalue weighted by Crippen LogP contribution is 2.12. The van der Waals surface area contributed by atoms with Gasteiger partial charge >= 0.3 is 0 Å². The predicted octanol–water partition coefficient (Wildman–Crippen LogP) is 5.40. The van der Waals surface area contributed by atoms with E-state index in [2.05, 4.69) is 6.92 Å². The van der Waals surface area contributed by atoms with Gasteiger partial charge in [-0.1, -0.05) is 82.8 Å². The summed E-state index contributed by atoms with van der Waals surface area (Å²) in [4.78, 5) is 11.3. The predicted molar refractivity (Wildman–Crippen MR) is 112 cm³/mol. The van der Waals surface area contributed by atoms with Gasteiger partial charge < -0.3 is 10.2 Å². The molecule has 0 aliphatic rings. The summed E-state index contributed by atoms with van der Waals surface area (Å²) >= 11 is 0. The highest BCUT2D eigenvalue weighted by atomic mass is 16.9. The van der Waals surface area contributed by atoms with E-state index < -0.39 is 0 Å². The smallest absolute Gasteiger partial charge is 0.0712 e. The first-order valence-corrected chi connectivity index (χ1v) is 11.6. The molecule has 0 aromatic carbocycles. The van der Waals surface area contributed by atoms with Crippen molar-refractivity contribution >= 4 is 0 Å². The van der Waals surface area contributed by atoms with Crippen LogP contribution in [0, 0.1) is 0 Å². The van der Waals surface area contributed by atoms with E-state index in [1.807, 2.05) is 0 Å². The van der Waals surface area contributed by atoms with Gasteiger partial charge in [-0.3, -0.25) is 9.68 Å². The first kappa shape index (κ1) is 26.8. The molecule has 0 fully saturated rings. The Labute approximate surface area is 168 Å². The average Bonchev–Trinajstić information content (AvgIpc) is 2.68. The first-order valence-electron chi connectivity index (χ1n) is 11.6. The van der Waals surface area contributed by atoms with E-state index in [1.165, 1.54) is 70.6 Å². The first-order chi connectivity index (χ1) is 13.3. The monoisotopic (exact) mass is 389 g/mol. The summed E-state index contributed by atoms with van der Waals surface area (Å²) in [5.41, 5.74) is 0. The zero-order valence-corrected chi connectivity index (χ0v) is 18.0. The topological polar surface area (TPSA) is 62.2 Å². The number of hydrogen-bond acceptors (Lipinski definition) is 5. The Morgan fingerprint density at radius 1 is 0.519 bits per heavy atom. The van der Waals surface area contributed by atoms with Gasteiger partial charge in [0, 0.05) is 13.2 Å². The number of aliphatic hydroxyl groups excluding tert-OH is 2. The minimum atomic E-state index is 0.208. The van der Waals surface area contributed by atoms with Crippen LogP contribution in [0.5, 0.6) is 0 Å². The Balaban J connectivity index is 3.54. The molecule has 5 heteroatoms. The second-order valence-corrected chi connectivity index (χ2v) is 7.47. The number of rotatable bonds is 23. The van der Waals surface area contributed by atoms with Crippen LogP contribution in [0.2, 0.25) is 0 Å². The van der Waals surface area contributed by atoms with E-state index in [0.717, 1.165) is 38.6 Å². The quantitative estimate of drug-likeness (QED) is 0.181. The normalized spacial score (nSPS) is 11.6. The fourth-order valence-electron chi connectivity index (χ4n) is 3.01. The minimum absolute atomic E-state index is 0.208. The van der Waals surface area contributed by atoms with Crippen molar-refractivity contribution in [1.29, 1.82) is 0 Å². The highest BCUT2D eigenvalue weighted by Gasteiger charge is 2.06. The molecule has 0 saturated heterocycles. The zero-order valence-electron chi connectivity index (χ0n) is 18.0. The summed E-state index contributed by atoms with van der Waals surface area (Å²) in [5, 5.41) is 19.3. The zero-order chi connectivity index (χ0) is 19.8. The molecule has 2 N–H and O–H groups in total. The summed E-state index contributed by atoms with van der Waals surface area (Å²) in [7, 11) is 0. The van der Waals surface area contributed by atoms with E-state index in [0.29, 0.717) is 13.2 Å². The molecule has 0 unspecified atom stereocenters. The Morgan fingerprint density at radius 2 is 0.926 bits per heavy atom. The lowest BCUT2D eigenvalue weighted by molar-refractivity contribution is -0.369. The van der Waals surface area contributed by atoms with Crippen molar-refractivity contribution in [1.82, 2.24) is 5.23 Å². The van der Waals surface area contributed by atoms with Crippen molar-refractivity contribution in [3.05, 3.63) is 0 Å². The molecule has 27 heavy (non-hydrogen) atoms. The highest BCUT2D eigenvalue weighted by molar-refractivity contribution is 4.49. The fourth-order valence-corrected chi connectivity index (χ4v) is 3.01. The van der Waals surface area contributed by atoms with E-state index in [-0.39, 0.29) is 13.2 Å². The molecule has 0 atom stereocenters. The van der Waals surface area contributed by atoms with Crippen LogP contribution in [0.4, 0.5) is 0 Å². The molecule has 0 radical (unpaired) electrons. The molecule has 164 valence electrons. The molecule has 0 heterocycles. The standard InChI is InChI=1S/C22H47NO4/c1-2-3-4-5-6-7-8-9-10-11-12-13-18-23(26-21-16-14-19-24)27-22-17-15-20-25/h24-25H,2-22H2,1H3. The molecule has 0 bridgehead atoms. The van der Waals surface area contributed by atoms with Gasteiger partial charge in [-0.15, -0.1) is 0 Å². The second-order valence-electron chi connectivity index (χ2n) is 7.47. The SMILES string of the molecule is CCCCCCCCCCCCCCN(OCCCCO)OCCCCO. The van der Waals surface area contributed by atoms with Crippen molar-refractivity contribution < 1.29 is 19.9 Å². The third-order valence-corrected chi connectivity index (χ3v) is 4.77. The number of nitrogens with zero attached hydrogens (tertiary/aromatic N) is 1. The molecule has 0 aliphatic heterocycles. The van der Waals surface area contributed by atoms with E-state index in [9.17, 15) is 0 Å². The van der Waals surface area contributed by atoms with Gasteiger partial charge in [0.05, 0.1) is 19.8 Å². The fraction of sp³-hybridized carbons (Fsp3) is 1.00. The maximum atomic E-state index is 8.83. The number of unbranched alkanes of at least 4 members (excludes halogenated alkanes) is 13. The molecule has 5 nitrogen and oxygen atoms in total. The molecule has 0 aromatic rings.